The molecule has 3 aromatic rings. The normalized spacial score (nSPS) is 11.1. The van der Waals surface area contributed by atoms with Crippen molar-refractivity contribution in [2.24, 2.45) is 5.73 Å². The SMILES string of the molecule is Cc1cn(Cc2cccc(CN)c2)c2ccccc12. The summed E-state index contributed by atoms with van der Waals surface area (Å²) in [7, 11) is 0. The summed E-state index contributed by atoms with van der Waals surface area (Å²) in [6.07, 6.45) is 2.22. The number of nitrogens with zero attached hydrogens (tertiary/aromatic N) is 1. The van der Waals surface area contributed by atoms with Crippen LogP contribution in [0, 0.1) is 6.92 Å². The summed E-state index contributed by atoms with van der Waals surface area (Å²) in [4.78, 5) is 0. The second-order valence-corrected chi connectivity index (χ2v) is 4.98. The Hall–Kier alpha value is -2.06. The smallest absolute Gasteiger partial charge is 0.0486 e. The molecule has 0 aliphatic heterocycles. The Bertz CT molecular complexity index is 710. The standard InChI is InChI=1S/C17H18N2/c1-13-11-19(17-8-3-2-7-16(13)17)12-15-6-4-5-14(9-15)10-18/h2-9,11H,10,12,18H2,1H3. The van der Waals surface area contributed by atoms with Gasteiger partial charge in [-0.25, -0.2) is 0 Å². The van der Waals surface area contributed by atoms with E-state index in [4.69, 9.17) is 5.73 Å². The van der Waals surface area contributed by atoms with Gasteiger partial charge < -0.3 is 10.3 Å². The van der Waals surface area contributed by atoms with Gasteiger partial charge in [-0.3, -0.25) is 0 Å². The van der Waals surface area contributed by atoms with Gasteiger partial charge in [-0.05, 0) is 29.7 Å². The molecule has 0 unspecified atom stereocenters. The van der Waals surface area contributed by atoms with Crippen LogP contribution in [0.2, 0.25) is 0 Å². The summed E-state index contributed by atoms with van der Waals surface area (Å²) in [6, 6.07) is 17.0. The van der Waals surface area contributed by atoms with Crippen LogP contribution in [-0.2, 0) is 13.1 Å². The van der Waals surface area contributed by atoms with Gasteiger partial charge in [-0.2, -0.15) is 0 Å². The molecule has 0 bridgehead atoms. The minimum atomic E-state index is 0.597. The molecular weight excluding hydrogens is 232 g/mol. The maximum atomic E-state index is 5.70. The highest BCUT2D eigenvalue weighted by Crippen LogP contribution is 2.21. The van der Waals surface area contributed by atoms with Gasteiger partial charge in [0.1, 0.15) is 0 Å². The molecule has 0 atom stereocenters. The maximum Gasteiger partial charge on any atom is 0.0486 e. The summed E-state index contributed by atoms with van der Waals surface area (Å²) in [5.74, 6) is 0. The van der Waals surface area contributed by atoms with Crippen molar-refractivity contribution in [1.29, 1.82) is 0 Å². The first-order valence-electron chi connectivity index (χ1n) is 6.60. The molecule has 2 heteroatoms. The van der Waals surface area contributed by atoms with Crippen LogP contribution >= 0.6 is 0 Å². The molecule has 0 radical (unpaired) electrons. The van der Waals surface area contributed by atoms with Crippen molar-refractivity contribution in [3.05, 3.63) is 71.4 Å². The van der Waals surface area contributed by atoms with Gasteiger partial charge in [0, 0.05) is 30.2 Å². The van der Waals surface area contributed by atoms with Crippen LogP contribution in [-0.4, -0.2) is 4.57 Å². The zero-order valence-electron chi connectivity index (χ0n) is 11.1. The van der Waals surface area contributed by atoms with Gasteiger partial charge in [-0.1, -0.05) is 42.5 Å². The number of para-hydroxylation sites is 1. The maximum absolute atomic E-state index is 5.70. The van der Waals surface area contributed by atoms with Crippen molar-refractivity contribution < 1.29 is 0 Å². The molecule has 0 saturated carbocycles. The van der Waals surface area contributed by atoms with Crippen LogP contribution in [0.4, 0.5) is 0 Å². The number of aromatic nitrogens is 1. The van der Waals surface area contributed by atoms with Crippen molar-refractivity contribution in [3.8, 4) is 0 Å². The lowest BCUT2D eigenvalue weighted by Gasteiger charge is -2.07. The Morgan fingerprint density at radius 3 is 2.63 bits per heavy atom. The Balaban J connectivity index is 2.01. The zero-order valence-corrected chi connectivity index (χ0v) is 11.1. The molecule has 1 heterocycles. The van der Waals surface area contributed by atoms with Crippen LogP contribution in [0.5, 0.6) is 0 Å². The highest BCUT2D eigenvalue weighted by Gasteiger charge is 2.05. The van der Waals surface area contributed by atoms with Gasteiger partial charge in [0.15, 0.2) is 0 Å². The molecule has 0 saturated heterocycles. The third kappa shape index (κ3) is 2.27. The molecule has 0 spiro atoms. The molecule has 3 rings (SSSR count). The number of nitrogens with two attached hydrogens (primary N) is 1. The molecule has 0 amide bonds. The van der Waals surface area contributed by atoms with E-state index in [2.05, 4.69) is 66.2 Å². The molecule has 0 aliphatic carbocycles. The minimum Gasteiger partial charge on any atom is -0.343 e. The molecule has 0 aliphatic rings. The number of benzene rings is 2. The predicted molar refractivity (Wildman–Crippen MR) is 80.1 cm³/mol. The van der Waals surface area contributed by atoms with Crippen molar-refractivity contribution in [3.63, 3.8) is 0 Å². The minimum absolute atomic E-state index is 0.597. The van der Waals surface area contributed by atoms with Crippen LogP contribution in [0.3, 0.4) is 0 Å². The molecular formula is C17H18N2. The Labute approximate surface area is 113 Å². The average Bonchev–Trinajstić information content (AvgIpc) is 2.76. The van der Waals surface area contributed by atoms with E-state index in [9.17, 15) is 0 Å². The van der Waals surface area contributed by atoms with E-state index in [-0.39, 0.29) is 0 Å². The topological polar surface area (TPSA) is 30.9 Å². The van der Waals surface area contributed by atoms with Crippen molar-refractivity contribution in [2.75, 3.05) is 0 Å². The Kier molecular flexibility index (Phi) is 3.10. The largest absolute Gasteiger partial charge is 0.343 e. The molecule has 2 aromatic carbocycles. The Morgan fingerprint density at radius 1 is 1.00 bits per heavy atom. The summed E-state index contributed by atoms with van der Waals surface area (Å²) in [6.45, 7) is 3.65. The Morgan fingerprint density at radius 2 is 1.79 bits per heavy atom. The molecule has 19 heavy (non-hydrogen) atoms. The number of hydrogen-bond acceptors (Lipinski definition) is 1. The summed E-state index contributed by atoms with van der Waals surface area (Å²) in [5, 5.41) is 1.33. The number of rotatable bonds is 3. The van der Waals surface area contributed by atoms with Gasteiger partial charge in [-0.15, -0.1) is 0 Å². The lowest BCUT2D eigenvalue weighted by Crippen LogP contribution is -2.01. The summed E-state index contributed by atoms with van der Waals surface area (Å²) in [5.41, 5.74) is 10.8. The molecule has 2 N–H and O–H groups in total. The van der Waals surface area contributed by atoms with E-state index >= 15 is 0 Å². The second kappa shape index (κ2) is 4.90. The van der Waals surface area contributed by atoms with Crippen LogP contribution in [0.15, 0.2) is 54.7 Å². The fraction of sp³-hybridized carbons (Fsp3) is 0.176. The predicted octanol–water partition coefficient (Wildman–Crippen LogP) is 3.46. The van der Waals surface area contributed by atoms with Crippen molar-refractivity contribution >= 4 is 10.9 Å². The molecule has 2 nitrogen and oxygen atoms in total. The monoisotopic (exact) mass is 250 g/mol. The molecule has 1 aromatic heterocycles. The lowest BCUT2D eigenvalue weighted by atomic mass is 10.1. The first-order valence-corrected chi connectivity index (χ1v) is 6.60. The molecule has 96 valence electrons. The summed E-state index contributed by atoms with van der Waals surface area (Å²) >= 11 is 0. The highest BCUT2D eigenvalue weighted by atomic mass is 15.0. The van der Waals surface area contributed by atoms with E-state index in [1.807, 2.05) is 0 Å². The third-order valence-electron chi connectivity index (χ3n) is 3.57. The van der Waals surface area contributed by atoms with Gasteiger partial charge in [0.2, 0.25) is 0 Å². The van der Waals surface area contributed by atoms with Crippen LogP contribution < -0.4 is 5.73 Å². The van der Waals surface area contributed by atoms with Crippen molar-refractivity contribution in [1.82, 2.24) is 4.57 Å². The average molecular weight is 250 g/mol. The highest BCUT2D eigenvalue weighted by molar-refractivity contribution is 5.83. The van der Waals surface area contributed by atoms with Crippen LogP contribution in [0.1, 0.15) is 16.7 Å². The number of hydrogen-bond donors (Lipinski definition) is 1. The quantitative estimate of drug-likeness (QED) is 0.758. The summed E-state index contributed by atoms with van der Waals surface area (Å²) < 4.78 is 2.31. The van der Waals surface area contributed by atoms with E-state index in [0.717, 1.165) is 6.54 Å². The number of fused-ring (bicyclic) bond motifs is 1. The first-order chi connectivity index (χ1) is 9.28. The number of aryl methyl sites for hydroxylation is 1. The van der Waals surface area contributed by atoms with Gasteiger partial charge in [0.05, 0.1) is 0 Å². The fourth-order valence-electron chi connectivity index (χ4n) is 2.61. The van der Waals surface area contributed by atoms with E-state index in [0.29, 0.717) is 6.54 Å². The zero-order chi connectivity index (χ0) is 13.2. The lowest BCUT2D eigenvalue weighted by molar-refractivity contribution is 0.831. The second-order valence-electron chi connectivity index (χ2n) is 4.98. The third-order valence-corrected chi connectivity index (χ3v) is 3.57. The molecule has 0 fully saturated rings. The van der Waals surface area contributed by atoms with Crippen molar-refractivity contribution in [2.45, 2.75) is 20.0 Å². The van der Waals surface area contributed by atoms with Gasteiger partial charge in [0.25, 0.3) is 0 Å². The van der Waals surface area contributed by atoms with E-state index in [1.54, 1.807) is 0 Å². The van der Waals surface area contributed by atoms with E-state index in [1.165, 1.54) is 27.6 Å². The van der Waals surface area contributed by atoms with E-state index < -0.39 is 0 Å². The van der Waals surface area contributed by atoms with Crippen LogP contribution in [0.25, 0.3) is 10.9 Å². The fourth-order valence-corrected chi connectivity index (χ4v) is 2.61. The van der Waals surface area contributed by atoms with Gasteiger partial charge >= 0.3 is 0 Å². The first kappa shape index (κ1) is 12.0.